The molecule has 0 saturated carbocycles. The van der Waals surface area contributed by atoms with Gasteiger partial charge in [0.2, 0.25) is 5.91 Å². The monoisotopic (exact) mass is 364 g/mol. The molecular formula is C18H18ClFN2O3. The van der Waals surface area contributed by atoms with Crippen molar-refractivity contribution in [3.8, 4) is 5.75 Å². The van der Waals surface area contributed by atoms with Crippen molar-refractivity contribution in [3.05, 3.63) is 64.4 Å². The molecule has 0 fully saturated rings. The van der Waals surface area contributed by atoms with E-state index in [9.17, 15) is 14.0 Å². The molecule has 0 saturated heterocycles. The Balaban J connectivity index is 1.90. The second-order valence-corrected chi connectivity index (χ2v) is 5.98. The third kappa shape index (κ3) is 5.46. The van der Waals surface area contributed by atoms with Gasteiger partial charge in [-0.1, -0.05) is 17.7 Å². The summed E-state index contributed by atoms with van der Waals surface area (Å²) < 4.78 is 19.1. The van der Waals surface area contributed by atoms with Crippen LogP contribution in [0.15, 0.2) is 42.5 Å². The minimum absolute atomic E-state index is 0.0316. The van der Waals surface area contributed by atoms with E-state index in [1.54, 1.807) is 24.3 Å². The second-order valence-electron chi connectivity index (χ2n) is 5.57. The fraction of sp³-hybridized carbons (Fsp3) is 0.222. The third-order valence-corrected chi connectivity index (χ3v) is 3.56. The van der Waals surface area contributed by atoms with Gasteiger partial charge in [0.15, 0.2) is 0 Å². The maximum absolute atomic E-state index is 13.6. The highest BCUT2D eigenvalue weighted by atomic mass is 35.5. The Bertz CT molecular complexity index is 743. The SMILES string of the molecule is CC(C)Oc1ccc(C(=O)NNC(=O)Cc2c(F)cccc2Cl)cc1. The highest BCUT2D eigenvalue weighted by Gasteiger charge is 2.13. The molecule has 0 aliphatic rings. The quantitative estimate of drug-likeness (QED) is 0.800. The van der Waals surface area contributed by atoms with Crippen LogP contribution >= 0.6 is 11.6 Å². The summed E-state index contributed by atoms with van der Waals surface area (Å²) in [5.74, 6) is -1.01. The van der Waals surface area contributed by atoms with Gasteiger partial charge in [0.05, 0.1) is 12.5 Å². The van der Waals surface area contributed by atoms with Crippen LogP contribution in [0.25, 0.3) is 0 Å². The van der Waals surface area contributed by atoms with Gasteiger partial charge in [0, 0.05) is 16.1 Å². The number of nitrogens with one attached hydrogen (secondary N) is 2. The predicted octanol–water partition coefficient (Wildman–Crippen LogP) is 3.27. The number of carbonyl (C=O) groups is 2. The molecule has 132 valence electrons. The van der Waals surface area contributed by atoms with E-state index < -0.39 is 17.6 Å². The lowest BCUT2D eigenvalue weighted by Gasteiger charge is -2.11. The molecule has 0 aromatic heterocycles. The van der Waals surface area contributed by atoms with Crippen LogP contribution in [-0.2, 0) is 11.2 Å². The number of hydrazine groups is 1. The number of benzene rings is 2. The van der Waals surface area contributed by atoms with Gasteiger partial charge in [-0.2, -0.15) is 0 Å². The minimum atomic E-state index is -0.583. The average molecular weight is 365 g/mol. The Hall–Kier alpha value is -2.60. The van der Waals surface area contributed by atoms with Crippen molar-refractivity contribution < 1.29 is 18.7 Å². The molecule has 2 aromatic carbocycles. The number of ether oxygens (including phenoxy) is 1. The summed E-state index contributed by atoms with van der Waals surface area (Å²) in [5, 5.41) is 0.155. The lowest BCUT2D eigenvalue weighted by Crippen LogP contribution is -2.42. The fourth-order valence-corrected chi connectivity index (χ4v) is 2.29. The van der Waals surface area contributed by atoms with Gasteiger partial charge in [-0.25, -0.2) is 4.39 Å². The van der Waals surface area contributed by atoms with Gasteiger partial charge in [0.25, 0.3) is 5.91 Å². The molecule has 2 rings (SSSR count). The summed E-state index contributed by atoms with van der Waals surface area (Å²) >= 11 is 5.86. The zero-order valence-electron chi connectivity index (χ0n) is 13.8. The van der Waals surface area contributed by atoms with Crippen molar-refractivity contribution in [3.63, 3.8) is 0 Å². The van der Waals surface area contributed by atoms with Gasteiger partial charge in [-0.3, -0.25) is 20.4 Å². The van der Waals surface area contributed by atoms with E-state index in [4.69, 9.17) is 16.3 Å². The van der Waals surface area contributed by atoms with Gasteiger partial charge < -0.3 is 4.74 Å². The van der Waals surface area contributed by atoms with Crippen molar-refractivity contribution >= 4 is 23.4 Å². The first kappa shape index (κ1) is 18.7. The molecule has 25 heavy (non-hydrogen) atoms. The molecule has 7 heteroatoms. The standard InChI is InChI=1S/C18H18ClFN2O3/c1-11(2)25-13-8-6-12(7-9-13)18(24)22-21-17(23)10-14-15(19)4-3-5-16(14)20/h3-9,11H,10H2,1-2H3,(H,21,23)(H,22,24). The van der Waals surface area contributed by atoms with Crippen molar-refractivity contribution in [1.29, 1.82) is 0 Å². The summed E-state index contributed by atoms with van der Waals surface area (Å²) in [5.41, 5.74) is 4.93. The summed E-state index contributed by atoms with van der Waals surface area (Å²) in [6.07, 6.45) is -0.253. The van der Waals surface area contributed by atoms with Crippen molar-refractivity contribution in [2.75, 3.05) is 0 Å². The Kier molecular flexibility index (Phi) is 6.36. The largest absolute Gasteiger partial charge is 0.491 e. The number of halogens is 2. The van der Waals surface area contributed by atoms with Crippen LogP contribution in [0, 0.1) is 5.82 Å². The van der Waals surface area contributed by atoms with Gasteiger partial charge >= 0.3 is 0 Å². The van der Waals surface area contributed by atoms with Gasteiger partial charge in [-0.05, 0) is 50.2 Å². The Morgan fingerprint density at radius 2 is 1.80 bits per heavy atom. The Morgan fingerprint density at radius 3 is 2.40 bits per heavy atom. The molecule has 2 amide bonds. The molecule has 0 spiro atoms. The molecule has 2 aromatic rings. The van der Waals surface area contributed by atoms with E-state index >= 15 is 0 Å². The predicted molar refractivity (Wildman–Crippen MR) is 92.9 cm³/mol. The summed E-state index contributed by atoms with van der Waals surface area (Å²) in [6.45, 7) is 3.80. The molecular weight excluding hydrogens is 347 g/mol. The van der Waals surface area contributed by atoms with Crippen LogP contribution in [0.1, 0.15) is 29.8 Å². The van der Waals surface area contributed by atoms with Crippen LogP contribution in [0.4, 0.5) is 4.39 Å². The van der Waals surface area contributed by atoms with Crippen LogP contribution in [0.5, 0.6) is 5.75 Å². The topological polar surface area (TPSA) is 67.4 Å². The first-order valence-corrected chi connectivity index (χ1v) is 8.03. The van der Waals surface area contributed by atoms with E-state index in [0.717, 1.165) is 0 Å². The number of hydrogen-bond donors (Lipinski definition) is 2. The van der Waals surface area contributed by atoms with Crippen molar-refractivity contribution in [2.24, 2.45) is 0 Å². The summed E-state index contributed by atoms with van der Waals surface area (Å²) in [7, 11) is 0. The van der Waals surface area contributed by atoms with E-state index in [0.29, 0.717) is 11.3 Å². The van der Waals surface area contributed by atoms with Crippen LogP contribution in [0.3, 0.4) is 0 Å². The maximum Gasteiger partial charge on any atom is 0.269 e. The third-order valence-electron chi connectivity index (χ3n) is 3.20. The van der Waals surface area contributed by atoms with Crippen molar-refractivity contribution in [1.82, 2.24) is 10.9 Å². The minimum Gasteiger partial charge on any atom is -0.491 e. The number of amides is 2. The molecule has 5 nitrogen and oxygen atoms in total. The normalized spacial score (nSPS) is 10.4. The van der Waals surface area contributed by atoms with Gasteiger partial charge in [-0.15, -0.1) is 0 Å². The van der Waals surface area contributed by atoms with E-state index in [2.05, 4.69) is 10.9 Å². The van der Waals surface area contributed by atoms with Crippen LogP contribution < -0.4 is 15.6 Å². The highest BCUT2D eigenvalue weighted by molar-refractivity contribution is 6.31. The zero-order valence-corrected chi connectivity index (χ0v) is 14.6. The first-order valence-electron chi connectivity index (χ1n) is 7.65. The Morgan fingerprint density at radius 1 is 1.12 bits per heavy atom. The van der Waals surface area contributed by atoms with Crippen LogP contribution in [0.2, 0.25) is 5.02 Å². The van der Waals surface area contributed by atoms with E-state index in [1.807, 2.05) is 13.8 Å². The first-order chi connectivity index (χ1) is 11.9. The maximum atomic E-state index is 13.6. The summed E-state index contributed by atoms with van der Waals surface area (Å²) in [4.78, 5) is 23.9. The fourth-order valence-electron chi connectivity index (χ4n) is 2.06. The lowest BCUT2D eigenvalue weighted by molar-refractivity contribution is -0.121. The van der Waals surface area contributed by atoms with Gasteiger partial charge in [0.1, 0.15) is 11.6 Å². The summed E-state index contributed by atoms with van der Waals surface area (Å²) in [6, 6.07) is 10.6. The molecule has 2 N–H and O–H groups in total. The Labute approximate surface area is 150 Å². The van der Waals surface area contributed by atoms with E-state index in [1.165, 1.54) is 18.2 Å². The van der Waals surface area contributed by atoms with E-state index in [-0.39, 0.29) is 23.1 Å². The number of rotatable bonds is 5. The molecule has 0 heterocycles. The second kappa shape index (κ2) is 8.48. The van der Waals surface area contributed by atoms with Crippen molar-refractivity contribution in [2.45, 2.75) is 26.4 Å². The highest BCUT2D eigenvalue weighted by Crippen LogP contribution is 2.19. The molecule has 0 aliphatic carbocycles. The smallest absolute Gasteiger partial charge is 0.269 e. The number of carbonyl (C=O) groups excluding carboxylic acids is 2. The average Bonchev–Trinajstić information content (AvgIpc) is 2.56. The molecule has 0 aliphatic heterocycles. The van der Waals surface area contributed by atoms with Crippen LogP contribution in [-0.4, -0.2) is 17.9 Å². The lowest BCUT2D eigenvalue weighted by atomic mass is 10.1. The molecule has 0 atom stereocenters. The molecule has 0 bridgehead atoms. The molecule has 0 unspecified atom stereocenters. The zero-order chi connectivity index (χ0) is 18.4. The molecule has 0 radical (unpaired) electrons. The number of hydrogen-bond acceptors (Lipinski definition) is 3.